The topological polar surface area (TPSA) is 75.7 Å². The van der Waals surface area contributed by atoms with Crippen LogP contribution in [-0.4, -0.2) is 36.7 Å². The van der Waals surface area contributed by atoms with Crippen LogP contribution in [0.25, 0.3) is 6.08 Å². The summed E-state index contributed by atoms with van der Waals surface area (Å²) in [6, 6.07) is 27.8. The summed E-state index contributed by atoms with van der Waals surface area (Å²) in [6.07, 6.45) is 3.97. The third-order valence-corrected chi connectivity index (χ3v) is 9.12. The van der Waals surface area contributed by atoms with Crippen LogP contribution in [0.3, 0.4) is 0 Å². The number of ketones is 2. The Hall–Kier alpha value is -4.49. The van der Waals surface area contributed by atoms with E-state index in [1.165, 1.54) is 0 Å². The van der Waals surface area contributed by atoms with Gasteiger partial charge in [0.1, 0.15) is 17.2 Å². The number of nitrogens with one attached hydrogen (secondary N) is 1. The molecule has 6 nitrogen and oxygen atoms in total. The molecular weight excluding hydrogens is 580 g/mol. The van der Waals surface area contributed by atoms with Crippen LogP contribution in [0.5, 0.6) is 5.75 Å². The van der Waals surface area contributed by atoms with Crippen molar-refractivity contribution in [2.75, 3.05) is 17.3 Å². The van der Waals surface area contributed by atoms with E-state index < -0.39 is 23.4 Å². The molecule has 0 radical (unpaired) electrons. The number of carbonyl (C=O) groups excluding carboxylic acids is 3. The number of halogens is 1. The number of fused-ring (bicyclic) bond motifs is 6. The van der Waals surface area contributed by atoms with E-state index in [4.69, 9.17) is 4.74 Å². The lowest BCUT2D eigenvalue weighted by atomic mass is 9.64. The van der Waals surface area contributed by atoms with E-state index in [-0.39, 0.29) is 17.5 Å². The van der Waals surface area contributed by atoms with Gasteiger partial charge in [-0.1, -0.05) is 76.6 Å². The molecule has 1 saturated heterocycles. The molecule has 3 heterocycles. The number of ether oxygens (including phenoxy) is 1. The first kappa shape index (κ1) is 25.5. The summed E-state index contributed by atoms with van der Waals surface area (Å²) in [5, 5.41) is 3.06. The predicted octanol–water partition coefficient (Wildman–Crippen LogP) is 6.31. The minimum absolute atomic E-state index is 0.229. The van der Waals surface area contributed by atoms with Crippen molar-refractivity contribution in [3.8, 4) is 5.75 Å². The molecule has 7 rings (SSSR count). The quantitative estimate of drug-likeness (QED) is 0.270. The van der Waals surface area contributed by atoms with Crippen LogP contribution in [0.4, 0.5) is 11.4 Å². The summed E-state index contributed by atoms with van der Waals surface area (Å²) in [5.74, 6) is -1.15. The standard InChI is InChI=1S/C34H25BrN2O4/c1-41-24-17-12-22(13-18-24)32(39)30-29(31(38)21-10-15-23(35)16-11-21)34(25-7-3-4-8-26(25)36-33(34)40)28-19-14-20-6-2-5-9-27(20)37(28)30/h2-19,28-30H,1H3,(H,36,40)/t28-,29-,30-,34-/m1/s1. The fraction of sp³-hybridized carbons (Fsp3) is 0.147. The molecule has 7 heteroatoms. The van der Waals surface area contributed by atoms with E-state index in [2.05, 4.69) is 21.2 Å². The Kier molecular flexibility index (Phi) is 5.94. The molecule has 3 aliphatic heterocycles. The van der Waals surface area contributed by atoms with E-state index in [1.54, 1.807) is 55.6 Å². The summed E-state index contributed by atoms with van der Waals surface area (Å²) >= 11 is 3.46. The summed E-state index contributed by atoms with van der Waals surface area (Å²) in [7, 11) is 1.57. The molecular formula is C34H25BrN2O4. The maximum atomic E-state index is 14.8. The van der Waals surface area contributed by atoms with Crippen LogP contribution >= 0.6 is 15.9 Å². The number of anilines is 2. The minimum atomic E-state index is -1.34. The van der Waals surface area contributed by atoms with Gasteiger partial charge in [0.05, 0.1) is 19.1 Å². The zero-order chi connectivity index (χ0) is 28.3. The van der Waals surface area contributed by atoms with Crippen LogP contribution in [0.2, 0.25) is 0 Å². The number of rotatable bonds is 5. The molecule has 3 aliphatic rings. The third kappa shape index (κ3) is 3.65. The van der Waals surface area contributed by atoms with Gasteiger partial charge in [-0.15, -0.1) is 0 Å². The Morgan fingerprint density at radius 2 is 1.51 bits per heavy atom. The predicted molar refractivity (Wildman–Crippen MR) is 162 cm³/mol. The Bertz CT molecular complexity index is 1750. The first-order valence-electron chi connectivity index (χ1n) is 13.4. The van der Waals surface area contributed by atoms with Crippen molar-refractivity contribution in [2.45, 2.75) is 17.5 Å². The Balaban J connectivity index is 1.52. The maximum absolute atomic E-state index is 14.8. The maximum Gasteiger partial charge on any atom is 0.238 e. The van der Waals surface area contributed by atoms with Gasteiger partial charge in [0.15, 0.2) is 11.6 Å². The number of para-hydroxylation sites is 2. The highest BCUT2D eigenvalue weighted by Gasteiger charge is 2.70. The van der Waals surface area contributed by atoms with Crippen LogP contribution < -0.4 is 15.0 Å². The second-order valence-corrected chi connectivity index (χ2v) is 11.4. The smallest absolute Gasteiger partial charge is 0.238 e. The fourth-order valence-corrected chi connectivity index (χ4v) is 7.10. The lowest BCUT2D eigenvalue weighted by molar-refractivity contribution is -0.121. The number of hydrogen-bond donors (Lipinski definition) is 1. The third-order valence-electron chi connectivity index (χ3n) is 8.60. The molecule has 41 heavy (non-hydrogen) atoms. The molecule has 4 atom stereocenters. The van der Waals surface area contributed by atoms with Gasteiger partial charge in [0.25, 0.3) is 0 Å². The van der Waals surface area contributed by atoms with E-state index in [0.717, 1.165) is 21.3 Å². The average molecular weight is 605 g/mol. The number of methoxy groups -OCH3 is 1. The van der Waals surface area contributed by atoms with Gasteiger partial charge in [-0.3, -0.25) is 14.4 Å². The summed E-state index contributed by atoms with van der Waals surface area (Å²) in [4.78, 5) is 45.8. The lowest BCUT2D eigenvalue weighted by Crippen LogP contribution is -2.51. The monoisotopic (exact) mass is 604 g/mol. The van der Waals surface area contributed by atoms with Gasteiger partial charge < -0.3 is 15.0 Å². The number of nitrogens with zero attached hydrogens (tertiary/aromatic N) is 1. The van der Waals surface area contributed by atoms with E-state index in [9.17, 15) is 14.4 Å². The zero-order valence-corrected chi connectivity index (χ0v) is 23.7. The van der Waals surface area contributed by atoms with Crippen molar-refractivity contribution in [2.24, 2.45) is 5.92 Å². The molecule has 0 bridgehead atoms. The Labute approximate surface area is 245 Å². The molecule has 1 amide bonds. The molecule has 1 fully saturated rings. The van der Waals surface area contributed by atoms with Crippen molar-refractivity contribution < 1.29 is 19.1 Å². The molecule has 0 unspecified atom stereocenters. The fourth-order valence-electron chi connectivity index (χ4n) is 6.84. The second kappa shape index (κ2) is 9.56. The SMILES string of the molecule is COc1ccc(C(=O)[C@H]2[C@H](C(=O)c3ccc(Br)cc3)[C@]3(C(=O)Nc4ccccc43)[C@H]3C=Cc4ccccc4N23)cc1. The van der Waals surface area contributed by atoms with E-state index in [1.807, 2.05) is 65.6 Å². The van der Waals surface area contributed by atoms with E-state index in [0.29, 0.717) is 22.6 Å². The lowest BCUT2D eigenvalue weighted by Gasteiger charge is -2.37. The van der Waals surface area contributed by atoms with Gasteiger partial charge in [-0.25, -0.2) is 0 Å². The van der Waals surface area contributed by atoms with Crippen molar-refractivity contribution in [3.63, 3.8) is 0 Å². The highest BCUT2D eigenvalue weighted by Crippen LogP contribution is 2.58. The molecule has 1 N–H and O–H groups in total. The summed E-state index contributed by atoms with van der Waals surface area (Å²) in [5.41, 5.74) is 2.68. The number of amides is 1. The van der Waals surface area contributed by atoms with Gasteiger partial charge in [0.2, 0.25) is 5.91 Å². The van der Waals surface area contributed by atoms with Crippen LogP contribution in [0.1, 0.15) is 31.8 Å². The largest absolute Gasteiger partial charge is 0.497 e. The summed E-state index contributed by atoms with van der Waals surface area (Å²) < 4.78 is 6.15. The first-order valence-corrected chi connectivity index (χ1v) is 14.2. The molecule has 202 valence electrons. The molecule has 4 aromatic rings. The summed E-state index contributed by atoms with van der Waals surface area (Å²) in [6.45, 7) is 0. The number of Topliss-reactive ketones (excluding diaryl/α,β-unsaturated/α-hetero) is 2. The van der Waals surface area contributed by atoms with Crippen LogP contribution in [0.15, 0.2) is 108 Å². The highest BCUT2D eigenvalue weighted by molar-refractivity contribution is 9.10. The van der Waals surface area contributed by atoms with Crippen molar-refractivity contribution in [1.82, 2.24) is 0 Å². The van der Waals surface area contributed by atoms with Crippen molar-refractivity contribution in [3.05, 3.63) is 130 Å². The molecule has 0 aliphatic carbocycles. The minimum Gasteiger partial charge on any atom is -0.497 e. The van der Waals surface area contributed by atoms with Gasteiger partial charge in [-0.2, -0.15) is 0 Å². The van der Waals surface area contributed by atoms with Crippen LogP contribution in [-0.2, 0) is 10.2 Å². The van der Waals surface area contributed by atoms with Crippen molar-refractivity contribution >= 4 is 50.9 Å². The van der Waals surface area contributed by atoms with Crippen molar-refractivity contribution in [1.29, 1.82) is 0 Å². The highest BCUT2D eigenvalue weighted by atomic mass is 79.9. The molecule has 4 aromatic carbocycles. The van der Waals surface area contributed by atoms with E-state index >= 15 is 0 Å². The first-order chi connectivity index (χ1) is 19.9. The normalized spacial score (nSPS) is 23.5. The Morgan fingerprint density at radius 1 is 0.854 bits per heavy atom. The Morgan fingerprint density at radius 3 is 2.27 bits per heavy atom. The number of benzene rings is 4. The van der Waals surface area contributed by atoms with Gasteiger partial charge >= 0.3 is 0 Å². The molecule has 1 spiro atoms. The second-order valence-electron chi connectivity index (χ2n) is 10.5. The average Bonchev–Trinajstić information content (AvgIpc) is 3.49. The van der Waals surface area contributed by atoms with Crippen LogP contribution in [0, 0.1) is 5.92 Å². The molecule has 0 saturated carbocycles. The molecule has 0 aromatic heterocycles. The zero-order valence-electron chi connectivity index (χ0n) is 22.1. The number of hydrogen-bond acceptors (Lipinski definition) is 5. The van der Waals surface area contributed by atoms with Gasteiger partial charge in [0, 0.05) is 27.0 Å². The van der Waals surface area contributed by atoms with Gasteiger partial charge in [-0.05, 0) is 59.7 Å². The number of carbonyl (C=O) groups is 3.